The molecule has 0 aliphatic carbocycles. The Bertz CT molecular complexity index is 854. The van der Waals surface area contributed by atoms with Crippen LogP contribution in [0.1, 0.15) is 17.2 Å². The van der Waals surface area contributed by atoms with Gasteiger partial charge >= 0.3 is 0 Å². The van der Waals surface area contributed by atoms with Crippen molar-refractivity contribution < 1.29 is 18.6 Å². The van der Waals surface area contributed by atoms with Gasteiger partial charge in [0.1, 0.15) is 5.75 Å². The van der Waals surface area contributed by atoms with Crippen LogP contribution in [0.3, 0.4) is 0 Å². The van der Waals surface area contributed by atoms with Crippen LogP contribution < -0.4 is 20.1 Å². The van der Waals surface area contributed by atoms with Gasteiger partial charge in [0.15, 0.2) is 17.5 Å². The number of guanidine groups is 1. The number of aliphatic imine (C=N–C) groups is 1. The van der Waals surface area contributed by atoms with Crippen LogP contribution in [0.25, 0.3) is 0 Å². The van der Waals surface area contributed by atoms with Gasteiger partial charge < -0.3 is 24.8 Å². The summed E-state index contributed by atoms with van der Waals surface area (Å²) in [5.41, 5.74) is 2.00. The minimum atomic E-state index is -0.378. The molecule has 1 aliphatic rings. The molecule has 1 heterocycles. The summed E-state index contributed by atoms with van der Waals surface area (Å²) in [5, 5.41) is 6.65. The molecule has 0 bridgehead atoms. The third kappa shape index (κ3) is 6.32. The summed E-state index contributed by atoms with van der Waals surface area (Å²) in [7, 11) is 4.84. The summed E-state index contributed by atoms with van der Waals surface area (Å²) < 4.78 is 29.7. The predicted octanol–water partition coefficient (Wildman–Crippen LogP) is 2.58. The van der Waals surface area contributed by atoms with Gasteiger partial charge in [-0.25, -0.2) is 4.39 Å². The fourth-order valence-electron chi connectivity index (χ4n) is 3.59. The molecule has 1 aliphatic heterocycles. The van der Waals surface area contributed by atoms with Crippen molar-refractivity contribution in [3.05, 3.63) is 59.4 Å². The molecule has 2 aromatic carbocycles. The zero-order chi connectivity index (χ0) is 22.1. The van der Waals surface area contributed by atoms with Gasteiger partial charge in [-0.3, -0.25) is 9.89 Å². The van der Waals surface area contributed by atoms with Gasteiger partial charge in [-0.15, -0.1) is 0 Å². The lowest BCUT2D eigenvalue weighted by molar-refractivity contribution is 0.0170. The summed E-state index contributed by atoms with van der Waals surface area (Å²) in [5.74, 6) is 1.35. The Hall–Kier alpha value is -2.84. The summed E-state index contributed by atoms with van der Waals surface area (Å²) in [6.45, 7) is 4.31. The monoisotopic (exact) mass is 430 g/mol. The van der Waals surface area contributed by atoms with E-state index in [0.29, 0.717) is 19.0 Å². The van der Waals surface area contributed by atoms with Crippen molar-refractivity contribution in [2.75, 3.05) is 54.1 Å². The van der Waals surface area contributed by atoms with E-state index in [9.17, 15) is 4.39 Å². The Labute approximate surface area is 183 Å². The van der Waals surface area contributed by atoms with E-state index in [0.717, 1.165) is 37.6 Å². The van der Waals surface area contributed by atoms with E-state index in [2.05, 4.69) is 32.7 Å². The maximum atomic E-state index is 13.9. The maximum absolute atomic E-state index is 13.9. The van der Waals surface area contributed by atoms with Crippen LogP contribution in [0.5, 0.6) is 11.5 Å². The number of ether oxygens (including phenoxy) is 3. The van der Waals surface area contributed by atoms with Crippen LogP contribution in [0.4, 0.5) is 4.39 Å². The molecule has 1 saturated heterocycles. The second-order valence-corrected chi connectivity index (χ2v) is 7.21. The van der Waals surface area contributed by atoms with E-state index in [1.165, 1.54) is 18.7 Å². The van der Waals surface area contributed by atoms with Crippen LogP contribution in [0, 0.1) is 5.82 Å². The number of nitrogens with zero attached hydrogens (tertiary/aromatic N) is 2. The molecular weight excluding hydrogens is 399 g/mol. The topological polar surface area (TPSA) is 67.4 Å². The highest BCUT2D eigenvalue weighted by Gasteiger charge is 2.23. The Morgan fingerprint density at radius 1 is 1.10 bits per heavy atom. The van der Waals surface area contributed by atoms with E-state index < -0.39 is 0 Å². The number of morpholine rings is 1. The molecular formula is C23H31FN4O3. The van der Waals surface area contributed by atoms with Crippen molar-refractivity contribution in [3.63, 3.8) is 0 Å². The molecule has 8 heteroatoms. The van der Waals surface area contributed by atoms with Crippen LogP contribution >= 0.6 is 0 Å². The first kappa shape index (κ1) is 22.8. The molecule has 1 fully saturated rings. The van der Waals surface area contributed by atoms with Crippen molar-refractivity contribution in [1.82, 2.24) is 15.5 Å². The average Bonchev–Trinajstić information content (AvgIpc) is 2.82. The first-order valence-electron chi connectivity index (χ1n) is 10.4. The average molecular weight is 431 g/mol. The van der Waals surface area contributed by atoms with Gasteiger partial charge in [-0.05, 0) is 35.4 Å². The maximum Gasteiger partial charge on any atom is 0.191 e. The minimum Gasteiger partial charge on any atom is -0.497 e. The highest BCUT2D eigenvalue weighted by molar-refractivity contribution is 5.79. The zero-order valence-corrected chi connectivity index (χ0v) is 18.4. The van der Waals surface area contributed by atoms with Crippen molar-refractivity contribution in [3.8, 4) is 11.5 Å². The minimum absolute atomic E-state index is 0.159. The molecule has 7 nitrogen and oxygen atoms in total. The smallest absolute Gasteiger partial charge is 0.191 e. The summed E-state index contributed by atoms with van der Waals surface area (Å²) in [4.78, 5) is 6.72. The second-order valence-electron chi connectivity index (χ2n) is 7.21. The summed E-state index contributed by atoms with van der Waals surface area (Å²) in [6.07, 6.45) is 0. The number of rotatable bonds is 8. The van der Waals surface area contributed by atoms with Crippen molar-refractivity contribution in [1.29, 1.82) is 0 Å². The van der Waals surface area contributed by atoms with Gasteiger partial charge in [-0.2, -0.15) is 0 Å². The van der Waals surface area contributed by atoms with E-state index >= 15 is 0 Å². The molecule has 2 N–H and O–H groups in total. The fraction of sp³-hybridized carbons (Fsp3) is 0.435. The first-order chi connectivity index (χ1) is 15.1. The Kier molecular flexibility index (Phi) is 8.49. The Morgan fingerprint density at radius 3 is 2.45 bits per heavy atom. The molecule has 2 aromatic rings. The molecule has 31 heavy (non-hydrogen) atoms. The number of hydrogen-bond acceptors (Lipinski definition) is 5. The Balaban J connectivity index is 1.63. The summed E-state index contributed by atoms with van der Waals surface area (Å²) >= 11 is 0. The third-order valence-electron chi connectivity index (χ3n) is 5.35. The number of methoxy groups -OCH3 is 2. The number of hydrogen-bond donors (Lipinski definition) is 2. The van der Waals surface area contributed by atoms with Crippen molar-refractivity contribution in [2.45, 2.75) is 12.6 Å². The Morgan fingerprint density at radius 2 is 1.84 bits per heavy atom. The highest BCUT2D eigenvalue weighted by atomic mass is 19.1. The van der Waals surface area contributed by atoms with Gasteiger partial charge in [0.2, 0.25) is 0 Å². The van der Waals surface area contributed by atoms with Gasteiger partial charge in [-0.1, -0.05) is 18.2 Å². The lowest BCUT2D eigenvalue weighted by Crippen LogP contribution is -2.46. The molecule has 3 rings (SSSR count). The highest BCUT2D eigenvalue weighted by Crippen LogP contribution is 2.23. The van der Waals surface area contributed by atoms with E-state index in [4.69, 9.17) is 14.2 Å². The van der Waals surface area contributed by atoms with E-state index in [1.807, 2.05) is 18.2 Å². The molecule has 0 amide bonds. The molecule has 168 valence electrons. The number of benzene rings is 2. The first-order valence-corrected chi connectivity index (χ1v) is 10.4. The van der Waals surface area contributed by atoms with Gasteiger partial charge in [0.05, 0.1) is 33.5 Å². The lowest BCUT2D eigenvalue weighted by Gasteiger charge is -2.35. The van der Waals surface area contributed by atoms with Crippen LogP contribution in [-0.2, 0) is 11.3 Å². The molecule has 1 atom stereocenters. The summed E-state index contributed by atoms with van der Waals surface area (Å²) in [6, 6.07) is 13.2. The van der Waals surface area contributed by atoms with E-state index in [1.54, 1.807) is 20.2 Å². The number of nitrogens with one attached hydrogen (secondary N) is 2. The van der Waals surface area contributed by atoms with Crippen molar-refractivity contribution >= 4 is 5.96 Å². The lowest BCUT2D eigenvalue weighted by atomic mass is 10.0. The molecule has 0 radical (unpaired) electrons. The number of halogens is 1. The SMILES string of the molecule is CN=C(NCc1ccc(OC)c(F)c1)NCC(c1ccc(OC)cc1)N1CCOCC1. The molecule has 1 unspecified atom stereocenters. The second kappa shape index (κ2) is 11.5. The van der Waals surface area contributed by atoms with Crippen LogP contribution in [0.2, 0.25) is 0 Å². The quantitative estimate of drug-likeness (QED) is 0.496. The fourth-order valence-corrected chi connectivity index (χ4v) is 3.59. The van der Waals surface area contributed by atoms with Gasteiger partial charge in [0.25, 0.3) is 0 Å². The molecule has 0 saturated carbocycles. The van der Waals surface area contributed by atoms with Crippen LogP contribution in [-0.4, -0.2) is 65.0 Å². The van der Waals surface area contributed by atoms with Crippen molar-refractivity contribution in [2.24, 2.45) is 4.99 Å². The largest absolute Gasteiger partial charge is 0.497 e. The molecule has 0 aromatic heterocycles. The standard InChI is InChI=1S/C23H31FN4O3/c1-25-23(26-15-17-4-9-22(30-3)20(24)14-17)27-16-21(28-10-12-31-13-11-28)18-5-7-19(29-2)8-6-18/h4-9,14,21H,10-13,15-16H2,1-3H3,(H2,25,26,27). The van der Waals surface area contributed by atoms with Crippen LogP contribution in [0.15, 0.2) is 47.5 Å². The molecule has 0 spiro atoms. The van der Waals surface area contributed by atoms with E-state index in [-0.39, 0.29) is 17.6 Å². The normalized spacial score (nSPS) is 15.9. The predicted molar refractivity (Wildman–Crippen MR) is 119 cm³/mol. The van der Waals surface area contributed by atoms with Gasteiger partial charge in [0, 0.05) is 33.2 Å². The zero-order valence-electron chi connectivity index (χ0n) is 18.4. The third-order valence-corrected chi connectivity index (χ3v) is 5.35.